The minimum absolute atomic E-state index is 0.727. The fourth-order valence-electron chi connectivity index (χ4n) is 1.61. The van der Waals surface area contributed by atoms with Crippen LogP contribution in [0.1, 0.15) is 18.3 Å². The van der Waals surface area contributed by atoms with E-state index in [0.717, 1.165) is 33.6 Å². The molecular weight excluding hydrogens is 358 g/mol. The van der Waals surface area contributed by atoms with Crippen molar-refractivity contribution in [2.75, 3.05) is 11.9 Å². The lowest BCUT2D eigenvalue weighted by atomic mass is 10.1. The van der Waals surface area contributed by atoms with Crippen LogP contribution >= 0.6 is 31.9 Å². The zero-order chi connectivity index (χ0) is 13.0. The summed E-state index contributed by atoms with van der Waals surface area (Å²) in [5, 5.41) is 3.21. The fraction of sp³-hybridized carbons (Fsp3) is 0.231. The summed E-state index contributed by atoms with van der Waals surface area (Å²) in [6.07, 6.45) is 2.52. The van der Waals surface area contributed by atoms with E-state index in [0.29, 0.717) is 0 Å². The van der Waals surface area contributed by atoms with Crippen molar-refractivity contribution in [1.29, 1.82) is 0 Å². The number of hydrogen-bond donors (Lipinski definition) is 1. The zero-order valence-electron chi connectivity index (χ0n) is 9.95. The van der Waals surface area contributed by atoms with Gasteiger partial charge in [-0.1, -0.05) is 28.1 Å². The molecule has 0 aliphatic rings. The number of aromatic nitrogens is 2. The lowest BCUT2D eigenvalue weighted by Gasteiger charge is -2.07. The second-order valence-electron chi connectivity index (χ2n) is 3.82. The highest BCUT2D eigenvalue weighted by molar-refractivity contribution is 9.10. The Labute approximate surface area is 123 Å². The summed E-state index contributed by atoms with van der Waals surface area (Å²) in [6, 6.07) is 8.18. The number of rotatable bonds is 4. The third kappa shape index (κ3) is 3.53. The number of anilines is 1. The maximum Gasteiger partial charge on any atom is 0.144 e. The number of nitrogens with zero attached hydrogens (tertiary/aromatic N) is 2. The Hall–Kier alpha value is -0.940. The molecule has 0 saturated carbocycles. The maximum absolute atomic E-state index is 4.50. The molecule has 0 unspecified atom stereocenters. The van der Waals surface area contributed by atoms with Crippen LogP contribution in [0.2, 0.25) is 0 Å². The van der Waals surface area contributed by atoms with Gasteiger partial charge < -0.3 is 5.32 Å². The Kier molecular flexibility index (Phi) is 4.72. The summed E-state index contributed by atoms with van der Waals surface area (Å²) >= 11 is 6.90. The number of nitrogens with one attached hydrogen (secondary N) is 1. The Bertz CT molecular complexity index is 544. The molecule has 0 saturated heterocycles. The Morgan fingerprint density at radius 2 is 2.11 bits per heavy atom. The van der Waals surface area contributed by atoms with Crippen LogP contribution in [-0.4, -0.2) is 16.5 Å². The number of hydrogen-bond acceptors (Lipinski definition) is 3. The van der Waals surface area contributed by atoms with Crippen molar-refractivity contribution in [2.45, 2.75) is 13.3 Å². The van der Waals surface area contributed by atoms with E-state index in [1.54, 1.807) is 6.20 Å². The minimum Gasteiger partial charge on any atom is -0.369 e. The predicted molar refractivity (Wildman–Crippen MR) is 80.8 cm³/mol. The van der Waals surface area contributed by atoms with Crippen molar-refractivity contribution < 1.29 is 0 Å². The first kappa shape index (κ1) is 13.5. The maximum atomic E-state index is 4.50. The van der Waals surface area contributed by atoms with Gasteiger partial charge in [0.05, 0.1) is 4.47 Å². The van der Waals surface area contributed by atoms with Gasteiger partial charge in [0, 0.05) is 23.6 Å². The van der Waals surface area contributed by atoms with Gasteiger partial charge in [0.25, 0.3) is 0 Å². The van der Waals surface area contributed by atoms with Crippen LogP contribution in [0.5, 0.6) is 0 Å². The molecule has 1 N–H and O–H groups in total. The van der Waals surface area contributed by atoms with Crippen LogP contribution < -0.4 is 5.32 Å². The highest BCUT2D eigenvalue weighted by Crippen LogP contribution is 2.20. The van der Waals surface area contributed by atoms with Crippen LogP contribution in [-0.2, 0) is 6.42 Å². The van der Waals surface area contributed by atoms with Gasteiger partial charge in [-0.05, 0) is 40.5 Å². The van der Waals surface area contributed by atoms with Crippen molar-refractivity contribution in [3.05, 3.63) is 50.8 Å². The molecule has 1 aromatic carbocycles. The normalized spacial score (nSPS) is 10.4. The zero-order valence-corrected chi connectivity index (χ0v) is 13.1. The molecule has 0 spiro atoms. The summed E-state index contributed by atoms with van der Waals surface area (Å²) in [5.74, 6) is 1.66. The first-order chi connectivity index (χ1) is 8.69. The molecule has 0 aliphatic heterocycles. The highest BCUT2D eigenvalue weighted by atomic mass is 79.9. The Morgan fingerprint density at radius 3 is 2.83 bits per heavy atom. The highest BCUT2D eigenvalue weighted by Gasteiger charge is 2.05. The minimum atomic E-state index is 0.727. The second-order valence-corrected chi connectivity index (χ2v) is 5.59. The average molecular weight is 371 g/mol. The molecule has 1 aromatic heterocycles. The van der Waals surface area contributed by atoms with Crippen molar-refractivity contribution in [1.82, 2.24) is 9.97 Å². The van der Waals surface area contributed by atoms with Gasteiger partial charge in [-0.3, -0.25) is 0 Å². The quantitative estimate of drug-likeness (QED) is 0.882. The molecule has 0 aliphatic carbocycles. The summed E-state index contributed by atoms with van der Waals surface area (Å²) in [6.45, 7) is 2.88. The van der Waals surface area contributed by atoms with Gasteiger partial charge in [-0.25, -0.2) is 9.97 Å². The van der Waals surface area contributed by atoms with Crippen LogP contribution in [0.15, 0.2) is 39.4 Å². The molecule has 0 bridgehead atoms. The van der Waals surface area contributed by atoms with Crippen LogP contribution in [0.4, 0.5) is 5.82 Å². The molecule has 2 rings (SSSR count). The standard InChI is InChI=1S/C13H13Br2N3/c1-2-16-13-11(15)8-17-12(18-13)7-9-4-3-5-10(14)6-9/h3-6,8H,2,7H2,1H3,(H,16,17,18). The fourth-order valence-corrected chi connectivity index (χ4v) is 2.39. The van der Waals surface area contributed by atoms with Gasteiger partial charge >= 0.3 is 0 Å². The van der Waals surface area contributed by atoms with Crippen molar-refractivity contribution >= 4 is 37.7 Å². The Balaban J connectivity index is 2.21. The molecule has 5 heteroatoms. The van der Waals surface area contributed by atoms with E-state index in [9.17, 15) is 0 Å². The van der Waals surface area contributed by atoms with E-state index in [4.69, 9.17) is 0 Å². The third-order valence-electron chi connectivity index (χ3n) is 2.39. The summed E-state index contributed by atoms with van der Waals surface area (Å²) < 4.78 is 1.96. The molecule has 1 heterocycles. The summed E-state index contributed by atoms with van der Waals surface area (Å²) in [5.41, 5.74) is 1.19. The molecule has 0 fully saturated rings. The molecular formula is C13H13Br2N3. The first-order valence-corrected chi connectivity index (χ1v) is 7.27. The van der Waals surface area contributed by atoms with E-state index in [-0.39, 0.29) is 0 Å². The van der Waals surface area contributed by atoms with E-state index in [1.807, 2.05) is 19.1 Å². The van der Waals surface area contributed by atoms with Crippen LogP contribution in [0.3, 0.4) is 0 Å². The molecule has 3 nitrogen and oxygen atoms in total. The van der Waals surface area contributed by atoms with Gasteiger partial charge in [-0.2, -0.15) is 0 Å². The molecule has 18 heavy (non-hydrogen) atoms. The van der Waals surface area contributed by atoms with Crippen molar-refractivity contribution in [3.63, 3.8) is 0 Å². The van der Waals surface area contributed by atoms with Crippen LogP contribution in [0.25, 0.3) is 0 Å². The smallest absolute Gasteiger partial charge is 0.144 e. The lowest BCUT2D eigenvalue weighted by molar-refractivity contribution is 0.955. The van der Waals surface area contributed by atoms with Gasteiger partial charge in [-0.15, -0.1) is 0 Å². The van der Waals surface area contributed by atoms with Gasteiger partial charge in [0.15, 0.2) is 0 Å². The van der Waals surface area contributed by atoms with Crippen molar-refractivity contribution in [3.8, 4) is 0 Å². The van der Waals surface area contributed by atoms with Crippen LogP contribution in [0, 0.1) is 0 Å². The molecule has 94 valence electrons. The average Bonchev–Trinajstić information content (AvgIpc) is 2.34. The van der Waals surface area contributed by atoms with Gasteiger partial charge in [0.2, 0.25) is 0 Å². The molecule has 0 amide bonds. The third-order valence-corrected chi connectivity index (χ3v) is 3.46. The lowest BCUT2D eigenvalue weighted by Crippen LogP contribution is -2.04. The van der Waals surface area contributed by atoms with E-state index < -0.39 is 0 Å². The van der Waals surface area contributed by atoms with Gasteiger partial charge in [0.1, 0.15) is 11.6 Å². The molecule has 0 atom stereocenters. The number of benzene rings is 1. The predicted octanol–water partition coefficient (Wildman–Crippen LogP) is 4.02. The molecule has 0 radical (unpaired) electrons. The Morgan fingerprint density at radius 1 is 1.28 bits per heavy atom. The summed E-state index contributed by atoms with van der Waals surface area (Å²) in [7, 11) is 0. The second kappa shape index (κ2) is 6.29. The monoisotopic (exact) mass is 369 g/mol. The van der Waals surface area contributed by atoms with E-state index in [1.165, 1.54) is 5.56 Å². The molecule has 2 aromatic rings. The SMILES string of the molecule is CCNc1nc(Cc2cccc(Br)c2)ncc1Br. The van der Waals surface area contributed by atoms with E-state index in [2.05, 4.69) is 59.3 Å². The topological polar surface area (TPSA) is 37.8 Å². The van der Waals surface area contributed by atoms with Crippen molar-refractivity contribution in [2.24, 2.45) is 0 Å². The van der Waals surface area contributed by atoms with E-state index >= 15 is 0 Å². The first-order valence-electron chi connectivity index (χ1n) is 5.68. The summed E-state index contributed by atoms with van der Waals surface area (Å²) in [4.78, 5) is 8.84. The largest absolute Gasteiger partial charge is 0.369 e. The number of halogens is 2.